The van der Waals surface area contributed by atoms with Crippen LogP contribution in [0.25, 0.3) is 0 Å². The third-order valence-corrected chi connectivity index (χ3v) is 13.0. The van der Waals surface area contributed by atoms with Crippen molar-refractivity contribution < 1.29 is 56.2 Å². The predicted octanol–water partition coefficient (Wildman–Crippen LogP) is 13.8. The summed E-state index contributed by atoms with van der Waals surface area (Å²) >= 11 is 0. The van der Waals surface area contributed by atoms with Gasteiger partial charge >= 0.3 is 16.4 Å². The minimum atomic E-state index is -5.07. The van der Waals surface area contributed by atoms with Crippen LogP contribution in [-0.4, -0.2) is 97.5 Å². The van der Waals surface area contributed by atoms with E-state index in [1.807, 2.05) is 0 Å². The smallest absolute Gasteiger partial charge is 0.397 e. The van der Waals surface area contributed by atoms with Gasteiger partial charge in [0.15, 0.2) is 6.29 Å². The van der Waals surface area contributed by atoms with Crippen molar-refractivity contribution in [1.82, 2.24) is 0 Å². The highest BCUT2D eigenvalue weighted by Crippen LogP contribution is 2.26. The van der Waals surface area contributed by atoms with Gasteiger partial charge in [-0.3, -0.25) is 9.35 Å². The number of hydrogen-bond acceptors (Lipinski definition) is 11. The molecule has 13 heteroatoms. The summed E-state index contributed by atoms with van der Waals surface area (Å²) in [7, 11) is -5.07. The number of hydrogen-bond donors (Lipinski definition) is 4. The molecule has 0 aromatic heterocycles. The zero-order chi connectivity index (χ0) is 51.7. The summed E-state index contributed by atoms with van der Waals surface area (Å²) in [5, 5.41) is 30.8. The van der Waals surface area contributed by atoms with Gasteiger partial charge < -0.3 is 34.3 Å². The lowest BCUT2D eigenvalue weighted by Crippen LogP contribution is -2.60. The lowest BCUT2D eigenvalue weighted by molar-refractivity contribution is -0.301. The Labute approximate surface area is 432 Å². The third kappa shape index (κ3) is 41.6. The summed E-state index contributed by atoms with van der Waals surface area (Å²) in [4.78, 5) is 12.9. The molecule has 0 amide bonds. The SMILES string of the molecule is CC/C=C\C/C=C\C/C=C\C/C=C\CCCCCCCCCCCCCCCOCC(COC1OC(CO)C(O)C(OS(=O)(=O)O)C1O)OC(=O)CCCCCCCCC/C=C\C/C=C\CCCCCC. The molecular formula is C58H102O12S. The van der Waals surface area contributed by atoms with Gasteiger partial charge in [-0.15, -0.1) is 0 Å². The highest BCUT2D eigenvalue weighted by molar-refractivity contribution is 7.80. The summed E-state index contributed by atoms with van der Waals surface area (Å²) in [6, 6.07) is 0. The first-order valence-electron chi connectivity index (χ1n) is 28.2. The quantitative estimate of drug-likeness (QED) is 0.0196. The van der Waals surface area contributed by atoms with E-state index in [1.54, 1.807) is 0 Å². The second kappa shape index (κ2) is 48.5. The molecule has 6 atom stereocenters. The minimum absolute atomic E-state index is 0.0296. The fraction of sp³-hybridized carbons (Fsp3) is 0.776. The summed E-state index contributed by atoms with van der Waals surface area (Å²) in [5.41, 5.74) is 0. The van der Waals surface area contributed by atoms with E-state index >= 15 is 0 Å². The Balaban J connectivity index is 2.30. The summed E-state index contributed by atoms with van der Waals surface area (Å²) in [5.74, 6) is -0.407. The molecule has 1 heterocycles. The van der Waals surface area contributed by atoms with Crippen LogP contribution in [0.1, 0.15) is 226 Å². The lowest BCUT2D eigenvalue weighted by Gasteiger charge is -2.41. The van der Waals surface area contributed by atoms with Gasteiger partial charge in [-0.2, -0.15) is 8.42 Å². The lowest BCUT2D eigenvalue weighted by atomic mass is 9.99. The Hall–Kier alpha value is -2.46. The van der Waals surface area contributed by atoms with Gasteiger partial charge in [-0.1, -0.05) is 209 Å². The first kappa shape index (κ1) is 66.6. The molecule has 6 unspecified atom stereocenters. The van der Waals surface area contributed by atoms with Gasteiger partial charge in [-0.05, 0) is 83.5 Å². The van der Waals surface area contributed by atoms with Gasteiger partial charge in [-0.25, -0.2) is 4.18 Å². The van der Waals surface area contributed by atoms with Crippen LogP contribution in [0.3, 0.4) is 0 Å². The molecule has 1 aliphatic rings. The number of carbonyl (C=O) groups is 1. The molecule has 0 aliphatic carbocycles. The zero-order valence-electron chi connectivity index (χ0n) is 44.5. The maximum atomic E-state index is 12.9. The molecule has 71 heavy (non-hydrogen) atoms. The van der Waals surface area contributed by atoms with Crippen molar-refractivity contribution in [2.24, 2.45) is 0 Å². The van der Waals surface area contributed by atoms with Crippen LogP contribution in [0, 0.1) is 0 Å². The second-order valence-corrected chi connectivity index (χ2v) is 20.2. The highest BCUT2D eigenvalue weighted by Gasteiger charge is 2.48. The molecule has 12 nitrogen and oxygen atoms in total. The highest BCUT2D eigenvalue weighted by atomic mass is 32.3. The number of carbonyl (C=O) groups excluding carboxylic acids is 1. The van der Waals surface area contributed by atoms with E-state index in [4.69, 9.17) is 18.9 Å². The fourth-order valence-electron chi connectivity index (χ4n) is 8.34. The molecule has 1 aliphatic heterocycles. The molecule has 0 spiro atoms. The second-order valence-electron chi connectivity index (χ2n) is 19.1. The number of aliphatic hydroxyl groups is 3. The summed E-state index contributed by atoms with van der Waals surface area (Å²) in [6.07, 6.45) is 55.0. The molecule has 1 fully saturated rings. The Morgan fingerprint density at radius 3 is 1.42 bits per heavy atom. The molecule has 0 aromatic rings. The standard InChI is InChI=1S/C58H102O12S/c1-3-5-7-9-11-13-15-17-19-21-23-24-25-26-27-28-29-30-32-34-36-38-40-42-44-46-48-66-50-52(51-67-58-56(62)57(70-71(63,64)65)55(61)53(49-59)69-58)68-54(60)47-45-43-41-39-37-35-33-31-22-20-18-16-14-12-10-8-6-4-2/h5,7,11,13-14,16-17,19-20,22-24,52-53,55-59,61-62H,3-4,6,8-10,12,15,18,21,25-51H2,1-2H3,(H,63,64,65)/b7-5-,13-11-,16-14-,19-17-,22-20-,24-23-. The van der Waals surface area contributed by atoms with Crippen LogP contribution < -0.4 is 0 Å². The number of unbranched alkanes of at least 4 members (excludes halogenated alkanes) is 24. The maximum absolute atomic E-state index is 12.9. The van der Waals surface area contributed by atoms with Crippen molar-refractivity contribution in [1.29, 1.82) is 0 Å². The van der Waals surface area contributed by atoms with Crippen LogP contribution in [-0.2, 0) is 38.3 Å². The number of aliphatic hydroxyl groups excluding tert-OH is 3. The molecule has 1 saturated heterocycles. The Kier molecular flexibility index (Phi) is 45.4. The van der Waals surface area contributed by atoms with Gasteiger partial charge in [0.05, 0.1) is 19.8 Å². The van der Waals surface area contributed by atoms with Gasteiger partial charge in [0, 0.05) is 13.0 Å². The van der Waals surface area contributed by atoms with E-state index < -0.39 is 59.8 Å². The van der Waals surface area contributed by atoms with E-state index in [0.29, 0.717) is 13.0 Å². The Morgan fingerprint density at radius 2 is 0.972 bits per heavy atom. The van der Waals surface area contributed by atoms with Crippen molar-refractivity contribution in [2.75, 3.05) is 26.4 Å². The van der Waals surface area contributed by atoms with E-state index in [9.17, 15) is 33.1 Å². The molecule has 412 valence electrons. The number of esters is 1. The maximum Gasteiger partial charge on any atom is 0.397 e. The van der Waals surface area contributed by atoms with Gasteiger partial charge in [0.25, 0.3) is 0 Å². The average Bonchev–Trinajstić information content (AvgIpc) is 3.35. The monoisotopic (exact) mass is 1020 g/mol. The average molecular weight is 1020 g/mol. The normalized spacial score (nSPS) is 19.5. The van der Waals surface area contributed by atoms with Crippen LogP contribution >= 0.6 is 0 Å². The van der Waals surface area contributed by atoms with Crippen LogP contribution in [0.15, 0.2) is 72.9 Å². The van der Waals surface area contributed by atoms with Crippen LogP contribution in [0.2, 0.25) is 0 Å². The molecule has 1 rings (SSSR count). The van der Waals surface area contributed by atoms with Gasteiger partial charge in [0.1, 0.15) is 30.5 Å². The molecule has 0 saturated carbocycles. The molecule has 0 aromatic carbocycles. The van der Waals surface area contributed by atoms with E-state index in [2.05, 4.69) is 90.9 Å². The molecular weight excluding hydrogens is 921 g/mol. The molecule has 4 N–H and O–H groups in total. The first-order valence-corrected chi connectivity index (χ1v) is 29.6. The number of rotatable bonds is 49. The van der Waals surface area contributed by atoms with Crippen LogP contribution in [0.5, 0.6) is 0 Å². The van der Waals surface area contributed by atoms with E-state index in [1.165, 1.54) is 122 Å². The number of ether oxygens (including phenoxy) is 4. The summed E-state index contributed by atoms with van der Waals surface area (Å²) < 4.78 is 59.4. The molecule has 0 radical (unpaired) electrons. The predicted molar refractivity (Wildman–Crippen MR) is 289 cm³/mol. The van der Waals surface area contributed by atoms with Crippen molar-refractivity contribution in [3.8, 4) is 0 Å². The van der Waals surface area contributed by atoms with E-state index in [0.717, 1.165) is 77.0 Å². The zero-order valence-corrected chi connectivity index (χ0v) is 45.3. The molecule has 0 bridgehead atoms. The topological polar surface area (TPSA) is 178 Å². The van der Waals surface area contributed by atoms with Crippen molar-refractivity contribution >= 4 is 16.4 Å². The van der Waals surface area contributed by atoms with Crippen molar-refractivity contribution in [3.63, 3.8) is 0 Å². The van der Waals surface area contributed by atoms with Gasteiger partial charge in [0.2, 0.25) is 0 Å². The third-order valence-electron chi connectivity index (χ3n) is 12.6. The number of allylic oxidation sites excluding steroid dienone is 12. The fourth-order valence-corrected chi connectivity index (χ4v) is 8.85. The van der Waals surface area contributed by atoms with Crippen LogP contribution in [0.4, 0.5) is 0 Å². The van der Waals surface area contributed by atoms with E-state index in [-0.39, 0.29) is 19.6 Å². The van der Waals surface area contributed by atoms with Crippen molar-refractivity contribution in [2.45, 2.75) is 263 Å². The minimum Gasteiger partial charge on any atom is -0.457 e. The largest absolute Gasteiger partial charge is 0.457 e. The first-order chi connectivity index (χ1) is 34.6. The Bertz CT molecular complexity index is 1510. The van der Waals surface area contributed by atoms with Crippen molar-refractivity contribution in [3.05, 3.63) is 72.9 Å². The Morgan fingerprint density at radius 1 is 0.549 bits per heavy atom. The summed E-state index contributed by atoms with van der Waals surface area (Å²) in [6.45, 7) is 3.87.